The molecule has 0 saturated carbocycles. The Balaban J connectivity index is 1.81. The molecule has 0 aromatic heterocycles. The summed E-state index contributed by atoms with van der Waals surface area (Å²) in [5.41, 5.74) is 3.40. The second-order valence-corrected chi connectivity index (χ2v) is 4.54. The first-order valence-corrected chi connectivity index (χ1v) is 6.25. The Morgan fingerprint density at radius 3 is 2.33 bits per heavy atom. The molecule has 2 heteroatoms. The molecule has 0 aliphatic heterocycles. The maximum Gasteiger partial charge on any atom is 0.0914 e. The minimum atomic E-state index is -0.450. The number of aryl methyl sites for hydroxylation is 1. The zero-order valence-corrected chi connectivity index (χ0v) is 10.6. The van der Waals surface area contributed by atoms with Crippen LogP contribution in [-0.2, 0) is 6.54 Å². The predicted octanol–water partition coefficient (Wildman–Crippen LogP) is 2.82. The van der Waals surface area contributed by atoms with E-state index in [-0.39, 0.29) is 0 Å². The van der Waals surface area contributed by atoms with Crippen LogP contribution in [0.2, 0.25) is 0 Å². The maximum atomic E-state index is 10.0. The molecule has 2 aromatic rings. The van der Waals surface area contributed by atoms with Crippen LogP contribution >= 0.6 is 0 Å². The highest BCUT2D eigenvalue weighted by Gasteiger charge is 2.06. The van der Waals surface area contributed by atoms with Crippen LogP contribution in [0.3, 0.4) is 0 Å². The monoisotopic (exact) mass is 241 g/mol. The van der Waals surface area contributed by atoms with E-state index >= 15 is 0 Å². The van der Waals surface area contributed by atoms with Gasteiger partial charge in [0.15, 0.2) is 0 Å². The first-order valence-electron chi connectivity index (χ1n) is 6.25. The van der Waals surface area contributed by atoms with E-state index in [1.165, 1.54) is 11.1 Å². The molecule has 0 aliphatic rings. The highest BCUT2D eigenvalue weighted by atomic mass is 16.3. The van der Waals surface area contributed by atoms with Gasteiger partial charge in [-0.25, -0.2) is 0 Å². The standard InChI is InChI=1S/C16H19NO/c1-13-7-9-15(10-8-13)16(18)12-17-11-14-5-3-2-4-6-14/h2-10,16-18H,11-12H2,1H3. The topological polar surface area (TPSA) is 32.3 Å². The second-order valence-electron chi connectivity index (χ2n) is 4.54. The SMILES string of the molecule is Cc1ccc(C(O)CNCc2ccccc2)cc1. The molecule has 18 heavy (non-hydrogen) atoms. The summed E-state index contributed by atoms with van der Waals surface area (Å²) >= 11 is 0. The lowest BCUT2D eigenvalue weighted by Crippen LogP contribution is -2.21. The Labute approximate surface area is 108 Å². The van der Waals surface area contributed by atoms with E-state index < -0.39 is 6.10 Å². The summed E-state index contributed by atoms with van der Waals surface area (Å²) in [4.78, 5) is 0. The van der Waals surface area contributed by atoms with Gasteiger partial charge in [-0.3, -0.25) is 0 Å². The Kier molecular flexibility index (Phi) is 4.51. The van der Waals surface area contributed by atoms with Crippen LogP contribution in [0.1, 0.15) is 22.8 Å². The summed E-state index contributed by atoms with van der Waals surface area (Å²) in [6.45, 7) is 3.39. The van der Waals surface area contributed by atoms with Crippen molar-refractivity contribution in [2.75, 3.05) is 6.54 Å². The van der Waals surface area contributed by atoms with Crippen LogP contribution in [0.15, 0.2) is 54.6 Å². The van der Waals surface area contributed by atoms with Crippen molar-refractivity contribution in [1.82, 2.24) is 5.32 Å². The van der Waals surface area contributed by atoms with E-state index in [1.54, 1.807) is 0 Å². The van der Waals surface area contributed by atoms with Crippen molar-refractivity contribution in [3.63, 3.8) is 0 Å². The molecule has 1 unspecified atom stereocenters. The van der Waals surface area contributed by atoms with Gasteiger partial charge in [0.2, 0.25) is 0 Å². The summed E-state index contributed by atoms with van der Waals surface area (Å²) in [5, 5.41) is 13.3. The van der Waals surface area contributed by atoms with Gasteiger partial charge in [-0.2, -0.15) is 0 Å². The smallest absolute Gasteiger partial charge is 0.0914 e. The molecule has 0 saturated heterocycles. The summed E-state index contributed by atoms with van der Waals surface area (Å²) in [7, 11) is 0. The Hall–Kier alpha value is -1.64. The van der Waals surface area contributed by atoms with Crippen LogP contribution in [0.5, 0.6) is 0 Å². The highest BCUT2D eigenvalue weighted by Crippen LogP contribution is 2.12. The average molecular weight is 241 g/mol. The van der Waals surface area contributed by atoms with Gasteiger partial charge in [-0.05, 0) is 18.1 Å². The minimum Gasteiger partial charge on any atom is -0.387 e. The van der Waals surface area contributed by atoms with Gasteiger partial charge in [-0.1, -0.05) is 60.2 Å². The maximum absolute atomic E-state index is 10.0. The Morgan fingerprint density at radius 2 is 1.67 bits per heavy atom. The minimum absolute atomic E-state index is 0.450. The zero-order chi connectivity index (χ0) is 12.8. The molecule has 0 amide bonds. The highest BCUT2D eigenvalue weighted by molar-refractivity contribution is 5.23. The number of hydrogen-bond acceptors (Lipinski definition) is 2. The first-order chi connectivity index (χ1) is 8.75. The third-order valence-corrected chi connectivity index (χ3v) is 2.97. The lowest BCUT2D eigenvalue weighted by Gasteiger charge is -2.12. The van der Waals surface area contributed by atoms with Crippen molar-refractivity contribution in [2.45, 2.75) is 19.6 Å². The van der Waals surface area contributed by atoms with E-state index in [0.29, 0.717) is 6.54 Å². The molecule has 1 atom stereocenters. The number of aliphatic hydroxyl groups is 1. The van der Waals surface area contributed by atoms with Crippen molar-refractivity contribution >= 4 is 0 Å². The molecular formula is C16H19NO. The van der Waals surface area contributed by atoms with Gasteiger partial charge in [0.05, 0.1) is 6.10 Å². The van der Waals surface area contributed by atoms with Gasteiger partial charge in [0.25, 0.3) is 0 Å². The number of aliphatic hydroxyl groups excluding tert-OH is 1. The Morgan fingerprint density at radius 1 is 1.00 bits per heavy atom. The number of hydrogen-bond donors (Lipinski definition) is 2. The Bertz CT molecular complexity index is 464. The molecule has 0 aliphatic carbocycles. The van der Waals surface area contributed by atoms with E-state index in [1.807, 2.05) is 49.4 Å². The quantitative estimate of drug-likeness (QED) is 0.843. The molecule has 2 rings (SSSR count). The van der Waals surface area contributed by atoms with Crippen molar-refractivity contribution < 1.29 is 5.11 Å². The normalized spacial score (nSPS) is 12.3. The van der Waals surface area contributed by atoms with Gasteiger partial charge < -0.3 is 10.4 Å². The largest absolute Gasteiger partial charge is 0.387 e. The number of benzene rings is 2. The van der Waals surface area contributed by atoms with Crippen LogP contribution in [0.4, 0.5) is 0 Å². The van der Waals surface area contributed by atoms with Crippen LogP contribution < -0.4 is 5.32 Å². The van der Waals surface area contributed by atoms with Crippen molar-refractivity contribution in [2.24, 2.45) is 0 Å². The third-order valence-electron chi connectivity index (χ3n) is 2.97. The van der Waals surface area contributed by atoms with E-state index in [4.69, 9.17) is 0 Å². The molecule has 0 fully saturated rings. The summed E-state index contributed by atoms with van der Waals surface area (Å²) in [6, 6.07) is 18.2. The first kappa shape index (κ1) is 12.8. The van der Waals surface area contributed by atoms with Gasteiger partial charge in [0, 0.05) is 13.1 Å². The van der Waals surface area contributed by atoms with E-state index in [0.717, 1.165) is 12.1 Å². The van der Waals surface area contributed by atoms with Gasteiger partial charge in [-0.15, -0.1) is 0 Å². The second kappa shape index (κ2) is 6.34. The molecule has 2 nitrogen and oxygen atoms in total. The van der Waals surface area contributed by atoms with Crippen molar-refractivity contribution in [3.8, 4) is 0 Å². The van der Waals surface area contributed by atoms with E-state index in [2.05, 4.69) is 17.4 Å². The lowest BCUT2D eigenvalue weighted by atomic mass is 10.1. The molecule has 0 spiro atoms. The summed E-state index contributed by atoms with van der Waals surface area (Å²) in [5.74, 6) is 0. The lowest BCUT2D eigenvalue weighted by molar-refractivity contribution is 0.174. The molecule has 0 heterocycles. The summed E-state index contributed by atoms with van der Waals surface area (Å²) < 4.78 is 0. The van der Waals surface area contributed by atoms with Crippen molar-refractivity contribution in [1.29, 1.82) is 0 Å². The summed E-state index contributed by atoms with van der Waals surface area (Å²) in [6.07, 6.45) is -0.450. The molecule has 2 N–H and O–H groups in total. The van der Waals surface area contributed by atoms with Crippen LogP contribution in [0, 0.1) is 6.92 Å². The zero-order valence-electron chi connectivity index (χ0n) is 10.6. The fourth-order valence-electron chi connectivity index (χ4n) is 1.86. The van der Waals surface area contributed by atoms with Crippen LogP contribution in [0.25, 0.3) is 0 Å². The predicted molar refractivity (Wildman–Crippen MR) is 74.3 cm³/mol. The van der Waals surface area contributed by atoms with Gasteiger partial charge >= 0.3 is 0 Å². The van der Waals surface area contributed by atoms with Crippen molar-refractivity contribution in [3.05, 3.63) is 71.3 Å². The number of rotatable bonds is 5. The third kappa shape index (κ3) is 3.69. The molecule has 0 radical (unpaired) electrons. The number of nitrogens with one attached hydrogen (secondary N) is 1. The molecule has 0 bridgehead atoms. The molecule has 2 aromatic carbocycles. The average Bonchev–Trinajstić information content (AvgIpc) is 2.40. The van der Waals surface area contributed by atoms with Gasteiger partial charge in [0.1, 0.15) is 0 Å². The fourth-order valence-corrected chi connectivity index (χ4v) is 1.86. The molecular weight excluding hydrogens is 222 g/mol. The van der Waals surface area contributed by atoms with E-state index in [9.17, 15) is 5.11 Å². The molecule has 94 valence electrons. The fraction of sp³-hybridized carbons (Fsp3) is 0.250. The van der Waals surface area contributed by atoms with Crippen LogP contribution in [-0.4, -0.2) is 11.7 Å².